The van der Waals surface area contributed by atoms with Gasteiger partial charge in [-0.15, -0.1) is 10.2 Å². The van der Waals surface area contributed by atoms with Crippen molar-refractivity contribution in [3.05, 3.63) is 41.9 Å². The van der Waals surface area contributed by atoms with Gasteiger partial charge in [0.2, 0.25) is 5.95 Å². The second-order valence-corrected chi connectivity index (χ2v) is 4.36. The largest absolute Gasteiger partial charge is 0.364 e. The standard InChI is InChI=1S/C13H12N6O/c1-7-5-15-11-8(7)3-2-4-9(11)17-13-16-6-10(12(14)20)18-19-13/h2-6,15H,1H3,(H2,14,20)(H,16,17,19). The fourth-order valence-electron chi connectivity index (χ4n) is 1.96. The number of aryl methyl sites for hydroxylation is 1. The predicted octanol–water partition coefficient (Wildman–Crippen LogP) is 1.50. The second-order valence-electron chi connectivity index (χ2n) is 4.36. The van der Waals surface area contributed by atoms with Crippen molar-refractivity contribution in [1.82, 2.24) is 20.2 Å². The van der Waals surface area contributed by atoms with E-state index in [2.05, 4.69) is 25.5 Å². The number of H-pyrrole nitrogens is 1. The number of nitrogens with one attached hydrogen (secondary N) is 2. The number of benzene rings is 1. The van der Waals surface area contributed by atoms with Gasteiger partial charge in [-0.25, -0.2) is 4.98 Å². The Hall–Kier alpha value is -2.96. The van der Waals surface area contributed by atoms with Crippen LogP contribution in [0.4, 0.5) is 11.6 Å². The monoisotopic (exact) mass is 268 g/mol. The molecule has 1 aromatic carbocycles. The summed E-state index contributed by atoms with van der Waals surface area (Å²) in [5.74, 6) is -0.353. The number of aromatic nitrogens is 4. The summed E-state index contributed by atoms with van der Waals surface area (Å²) in [5.41, 5.74) is 8.08. The number of primary amides is 1. The van der Waals surface area contributed by atoms with Gasteiger partial charge < -0.3 is 16.0 Å². The normalized spacial score (nSPS) is 10.7. The van der Waals surface area contributed by atoms with Crippen LogP contribution in [0.1, 0.15) is 16.1 Å². The van der Waals surface area contributed by atoms with Crippen LogP contribution in [-0.2, 0) is 0 Å². The number of anilines is 2. The van der Waals surface area contributed by atoms with E-state index in [9.17, 15) is 4.79 Å². The summed E-state index contributed by atoms with van der Waals surface area (Å²) in [6.45, 7) is 2.03. The lowest BCUT2D eigenvalue weighted by molar-refractivity contribution is 0.0994. The van der Waals surface area contributed by atoms with Crippen LogP contribution >= 0.6 is 0 Å². The molecule has 0 saturated carbocycles. The van der Waals surface area contributed by atoms with Crippen molar-refractivity contribution in [1.29, 1.82) is 0 Å². The molecule has 0 unspecified atom stereocenters. The number of nitrogens with two attached hydrogens (primary N) is 1. The number of amides is 1. The van der Waals surface area contributed by atoms with Gasteiger partial charge >= 0.3 is 0 Å². The van der Waals surface area contributed by atoms with E-state index in [4.69, 9.17) is 5.73 Å². The number of para-hydroxylation sites is 1. The Kier molecular flexibility index (Phi) is 2.79. The van der Waals surface area contributed by atoms with E-state index in [1.807, 2.05) is 31.3 Å². The highest BCUT2D eigenvalue weighted by molar-refractivity contribution is 5.94. The fraction of sp³-hybridized carbons (Fsp3) is 0.0769. The average molecular weight is 268 g/mol. The third kappa shape index (κ3) is 2.05. The van der Waals surface area contributed by atoms with Gasteiger partial charge in [-0.3, -0.25) is 4.79 Å². The summed E-state index contributed by atoms with van der Waals surface area (Å²) in [7, 11) is 0. The number of hydrogen-bond donors (Lipinski definition) is 3. The number of rotatable bonds is 3. The Morgan fingerprint density at radius 3 is 2.90 bits per heavy atom. The molecular weight excluding hydrogens is 256 g/mol. The highest BCUT2D eigenvalue weighted by Gasteiger charge is 2.08. The second kappa shape index (κ2) is 4.61. The van der Waals surface area contributed by atoms with Crippen LogP contribution in [0.5, 0.6) is 0 Å². The van der Waals surface area contributed by atoms with Crippen LogP contribution < -0.4 is 11.1 Å². The van der Waals surface area contributed by atoms with Crippen molar-refractivity contribution in [2.24, 2.45) is 5.73 Å². The van der Waals surface area contributed by atoms with Gasteiger partial charge in [-0.05, 0) is 18.6 Å². The van der Waals surface area contributed by atoms with Gasteiger partial charge in [0.25, 0.3) is 5.91 Å². The van der Waals surface area contributed by atoms with Crippen LogP contribution in [-0.4, -0.2) is 26.1 Å². The summed E-state index contributed by atoms with van der Waals surface area (Å²) >= 11 is 0. The van der Waals surface area contributed by atoms with Gasteiger partial charge in [0.05, 0.1) is 17.4 Å². The van der Waals surface area contributed by atoms with Crippen LogP contribution in [0.3, 0.4) is 0 Å². The highest BCUT2D eigenvalue weighted by atomic mass is 16.1. The minimum atomic E-state index is -0.654. The minimum Gasteiger partial charge on any atom is -0.364 e. The first-order chi connectivity index (χ1) is 9.65. The molecule has 0 aliphatic carbocycles. The molecule has 3 rings (SSSR count). The number of carbonyl (C=O) groups excluding carboxylic acids is 1. The van der Waals surface area contributed by atoms with Crippen molar-refractivity contribution in [3.8, 4) is 0 Å². The van der Waals surface area contributed by atoms with Crippen molar-refractivity contribution >= 4 is 28.4 Å². The van der Waals surface area contributed by atoms with Crippen molar-refractivity contribution in [2.75, 3.05) is 5.32 Å². The first kappa shape index (κ1) is 12.1. The molecule has 20 heavy (non-hydrogen) atoms. The summed E-state index contributed by atoms with van der Waals surface area (Å²) < 4.78 is 0. The van der Waals surface area contributed by atoms with E-state index in [1.165, 1.54) is 6.20 Å². The topological polar surface area (TPSA) is 110 Å². The first-order valence-electron chi connectivity index (χ1n) is 5.98. The molecular formula is C13H12N6O. The smallest absolute Gasteiger partial charge is 0.270 e. The Bertz CT molecular complexity index is 777. The third-order valence-electron chi connectivity index (χ3n) is 2.98. The molecule has 3 aromatic rings. The lowest BCUT2D eigenvalue weighted by Crippen LogP contribution is -2.14. The van der Waals surface area contributed by atoms with E-state index >= 15 is 0 Å². The first-order valence-corrected chi connectivity index (χ1v) is 5.98. The minimum absolute atomic E-state index is 0.0319. The number of carbonyl (C=O) groups is 1. The number of hydrogen-bond acceptors (Lipinski definition) is 5. The van der Waals surface area contributed by atoms with Gasteiger partial charge in [-0.2, -0.15) is 0 Å². The predicted molar refractivity (Wildman–Crippen MR) is 74.7 cm³/mol. The van der Waals surface area contributed by atoms with Gasteiger partial charge in [0.1, 0.15) is 0 Å². The molecule has 0 aliphatic heterocycles. The fourth-order valence-corrected chi connectivity index (χ4v) is 1.96. The maximum atomic E-state index is 10.9. The quantitative estimate of drug-likeness (QED) is 0.667. The molecule has 0 aliphatic rings. The van der Waals surface area contributed by atoms with Gasteiger partial charge in [0, 0.05) is 11.6 Å². The molecule has 100 valence electrons. The van der Waals surface area contributed by atoms with Crippen LogP contribution in [0.25, 0.3) is 10.9 Å². The zero-order valence-electron chi connectivity index (χ0n) is 10.7. The van der Waals surface area contributed by atoms with Gasteiger partial charge in [-0.1, -0.05) is 12.1 Å². The molecule has 7 nitrogen and oxygen atoms in total. The van der Waals surface area contributed by atoms with E-state index in [0.29, 0.717) is 5.95 Å². The molecule has 1 amide bonds. The maximum Gasteiger partial charge on any atom is 0.270 e. The molecule has 7 heteroatoms. The molecule has 0 spiro atoms. The molecule has 0 atom stereocenters. The van der Waals surface area contributed by atoms with E-state index in [-0.39, 0.29) is 5.69 Å². The van der Waals surface area contributed by atoms with Gasteiger partial charge in [0.15, 0.2) is 5.69 Å². The maximum absolute atomic E-state index is 10.9. The zero-order chi connectivity index (χ0) is 14.1. The molecule has 2 heterocycles. The molecule has 0 fully saturated rings. The molecule has 2 aromatic heterocycles. The Labute approximate surface area is 114 Å². The van der Waals surface area contributed by atoms with E-state index in [0.717, 1.165) is 22.2 Å². The summed E-state index contributed by atoms with van der Waals surface area (Å²) in [4.78, 5) is 18.1. The number of nitrogens with zero attached hydrogens (tertiary/aromatic N) is 3. The zero-order valence-corrected chi connectivity index (χ0v) is 10.7. The molecule has 0 radical (unpaired) electrons. The van der Waals surface area contributed by atoms with E-state index in [1.54, 1.807) is 0 Å². The molecule has 0 saturated heterocycles. The van der Waals surface area contributed by atoms with Crippen LogP contribution in [0, 0.1) is 6.92 Å². The van der Waals surface area contributed by atoms with Crippen molar-refractivity contribution in [3.63, 3.8) is 0 Å². The molecule has 4 N–H and O–H groups in total. The average Bonchev–Trinajstić information content (AvgIpc) is 2.82. The third-order valence-corrected chi connectivity index (χ3v) is 2.98. The summed E-state index contributed by atoms with van der Waals surface area (Å²) in [6, 6.07) is 5.88. The lowest BCUT2D eigenvalue weighted by atomic mass is 10.2. The van der Waals surface area contributed by atoms with Crippen molar-refractivity contribution < 1.29 is 4.79 Å². The Morgan fingerprint density at radius 1 is 1.35 bits per heavy atom. The highest BCUT2D eigenvalue weighted by Crippen LogP contribution is 2.26. The van der Waals surface area contributed by atoms with E-state index < -0.39 is 5.91 Å². The number of fused-ring (bicyclic) bond motifs is 1. The van der Waals surface area contributed by atoms with Crippen LogP contribution in [0.15, 0.2) is 30.6 Å². The lowest BCUT2D eigenvalue weighted by Gasteiger charge is -2.05. The van der Waals surface area contributed by atoms with Crippen LogP contribution in [0.2, 0.25) is 0 Å². The Morgan fingerprint density at radius 2 is 2.20 bits per heavy atom. The Balaban J connectivity index is 1.95. The van der Waals surface area contributed by atoms with Crippen molar-refractivity contribution in [2.45, 2.75) is 6.92 Å². The SMILES string of the molecule is Cc1c[nH]c2c(Nc3ncc(C(N)=O)nn3)cccc12. The summed E-state index contributed by atoms with van der Waals surface area (Å²) in [5, 5.41) is 11.7. The number of aromatic amines is 1. The molecule has 0 bridgehead atoms. The summed E-state index contributed by atoms with van der Waals surface area (Å²) in [6.07, 6.45) is 3.23.